The number of aliphatic imine (C=N–C) groups is 1. The van der Waals surface area contributed by atoms with Crippen molar-refractivity contribution in [3.8, 4) is 16.8 Å². The van der Waals surface area contributed by atoms with Gasteiger partial charge < -0.3 is 9.67 Å². The third-order valence-electron chi connectivity index (χ3n) is 5.89. The minimum absolute atomic E-state index is 0.0288. The number of carboxylic acid groups (broad SMARTS) is 1. The lowest BCUT2D eigenvalue weighted by atomic mass is 9.94. The van der Waals surface area contributed by atoms with Crippen molar-refractivity contribution >= 4 is 23.1 Å². The molecule has 0 fully saturated rings. The lowest BCUT2D eigenvalue weighted by Gasteiger charge is -2.16. The predicted molar refractivity (Wildman–Crippen MR) is 121 cm³/mol. The van der Waals surface area contributed by atoms with Gasteiger partial charge in [-0.25, -0.2) is 13.6 Å². The van der Waals surface area contributed by atoms with Crippen LogP contribution in [0.3, 0.4) is 0 Å². The fourth-order valence-electron chi connectivity index (χ4n) is 4.50. The summed E-state index contributed by atoms with van der Waals surface area (Å²) in [4.78, 5) is 15.9. The van der Waals surface area contributed by atoms with Crippen LogP contribution in [0.5, 0.6) is 0 Å². The molecule has 0 spiro atoms. The Bertz CT molecular complexity index is 1420. The van der Waals surface area contributed by atoms with Gasteiger partial charge in [0, 0.05) is 34.1 Å². The number of aromatic carboxylic acids is 1. The van der Waals surface area contributed by atoms with E-state index in [2.05, 4.69) is 4.99 Å². The average Bonchev–Trinajstić information content (AvgIpc) is 3.34. The van der Waals surface area contributed by atoms with Gasteiger partial charge in [0.2, 0.25) is 0 Å². The maximum Gasteiger partial charge on any atom is 0.338 e. The van der Waals surface area contributed by atoms with E-state index < -0.39 is 11.8 Å². The van der Waals surface area contributed by atoms with Crippen LogP contribution in [0.1, 0.15) is 46.9 Å². The molecule has 1 aliphatic rings. The zero-order valence-corrected chi connectivity index (χ0v) is 17.6. The molecule has 0 saturated carbocycles. The highest BCUT2D eigenvalue weighted by Crippen LogP contribution is 2.43. The molecule has 1 aromatic heterocycles. The Kier molecular flexibility index (Phi) is 4.66. The Hall–Kier alpha value is -3.80. The molecule has 0 bridgehead atoms. The Balaban J connectivity index is 1.94. The fraction of sp³-hybridized carbons (Fsp3) is 0.154. The molecule has 1 N–H and O–H groups in total. The van der Waals surface area contributed by atoms with E-state index in [1.165, 1.54) is 18.2 Å². The van der Waals surface area contributed by atoms with Crippen molar-refractivity contribution in [2.45, 2.75) is 26.3 Å². The highest BCUT2D eigenvalue weighted by Gasteiger charge is 2.27. The standard InChI is InChI=1S/C26H20F2N2O2/c1-14(2)25-23(19-4-3-5-20(24(19)28)26(31)32)21-10-15-12-29-13-16(15)11-22(21)30(25)18-8-6-17(27)7-9-18/h3-11,13-14H,12H2,1-2H3,(H,31,32). The highest BCUT2D eigenvalue weighted by atomic mass is 19.1. The third kappa shape index (κ3) is 3.02. The first kappa shape index (κ1) is 20.1. The van der Waals surface area contributed by atoms with Gasteiger partial charge >= 0.3 is 5.97 Å². The number of aromatic nitrogens is 1. The number of fused-ring (bicyclic) bond motifs is 2. The summed E-state index contributed by atoms with van der Waals surface area (Å²) < 4.78 is 31.1. The van der Waals surface area contributed by atoms with Crippen LogP contribution in [-0.4, -0.2) is 21.9 Å². The quantitative estimate of drug-likeness (QED) is 0.411. The van der Waals surface area contributed by atoms with Gasteiger partial charge in [-0.15, -0.1) is 0 Å². The Morgan fingerprint density at radius 2 is 1.84 bits per heavy atom. The number of carbonyl (C=O) groups is 1. The molecular formula is C26H20F2N2O2. The normalized spacial score (nSPS) is 12.7. The van der Waals surface area contributed by atoms with Gasteiger partial charge in [-0.3, -0.25) is 4.99 Å². The van der Waals surface area contributed by atoms with Crippen molar-refractivity contribution in [3.63, 3.8) is 0 Å². The summed E-state index contributed by atoms with van der Waals surface area (Å²) in [6.07, 6.45) is 1.82. The largest absolute Gasteiger partial charge is 0.478 e. The Morgan fingerprint density at radius 3 is 2.53 bits per heavy atom. The SMILES string of the molecule is CC(C)c1c(-c2cccc(C(=O)O)c2F)c2cc3c(cc2n1-c1ccc(F)cc1)C=NC3. The van der Waals surface area contributed by atoms with Gasteiger partial charge in [0.25, 0.3) is 0 Å². The summed E-state index contributed by atoms with van der Waals surface area (Å²) in [7, 11) is 0. The van der Waals surface area contributed by atoms with Crippen molar-refractivity contribution in [1.82, 2.24) is 4.57 Å². The summed E-state index contributed by atoms with van der Waals surface area (Å²) in [5.74, 6) is -2.45. The minimum Gasteiger partial charge on any atom is -0.478 e. The number of benzene rings is 3. The maximum absolute atomic E-state index is 15.5. The zero-order valence-electron chi connectivity index (χ0n) is 17.6. The van der Waals surface area contributed by atoms with Crippen LogP contribution in [0.4, 0.5) is 8.78 Å². The first-order valence-corrected chi connectivity index (χ1v) is 10.4. The minimum atomic E-state index is -1.31. The molecule has 0 amide bonds. The summed E-state index contributed by atoms with van der Waals surface area (Å²) in [5.41, 5.74) is 4.93. The van der Waals surface area contributed by atoms with Crippen LogP contribution in [-0.2, 0) is 6.54 Å². The van der Waals surface area contributed by atoms with Crippen molar-refractivity contribution in [2.75, 3.05) is 0 Å². The molecule has 0 unspecified atom stereocenters. The summed E-state index contributed by atoms with van der Waals surface area (Å²) in [5, 5.41) is 10.3. The number of hydrogen-bond donors (Lipinski definition) is 1. The highest BCUT2D eigenvalue weighted by molar-refractivity contribution is 6.04. The van der Waals surface area contributed by atoms with E-state index in [0.29, 0.717) is 12.1 Å². The molecule has 2 heterocycles. The van der Waals surface area contributed by atoms with Gasteiger partial charge in [0.15, 0.2) is 0 Å². The van der Waals surface area contributed by atoms with Gasteiger partial charge in [-0.2, -0.15) is 0 Å². The molecular weight excluding hydrogens is 410 g/mol. The van der Waals surface area contributed by atoms with Crippen molar-refractivity contribution < 1.29 is 18.7 Å². The molecule has 0 aliphatic carbocycles. The van der Waals surface area contributed by atoms with E-state index >= 15 is 4.39 Å². The number of rotatable bonds is 4. The second-order valence-electron chi connectivity index (χ2n) is 8.24. The molecule has 0 saturated heterocycles. The topological polar surface area (TPSA) is 54.6 Å². The van der Waals surface area contributed by atoms with Crippen LogP contribution in [0, 0.1) is 11.6 Å². The number of halogens is 2. The number of hydrogen-bond acceptors (Lipinski definition) is 2. The first-order chi connectivity index (χ1) is 15.4. The molecule has 6 heteroatoms. The molecule has 0 atom stereocenters. The van der Waals surface area contributed by atoms with Gasteiger partial charge in [0.1, 0.15) is 11.6 Å². The average molecular weight is 430 g/mol. The maximum atomic E-state index is 15.5. The van der Waals surface area contributed by atoms with E-state index in [0.717, 1.165) is 33.4 Å². The molecule has 160 valence electrons. The van der Waals surface area contributed by atoms with Crippen molar-refractivity contribution in [1.29, 1.82) is 0 Å². The van der Waals surface area contributed by atoms with E-state index in [1.54, 1.807) is 24.3 Å². The summed E-state index contributed by atoms with van der Waals surface area (Å²) in [6.45, 7) is 4.55. The van der Waals surface area contributed by atoms with Crippen LogP contribution < -0.4 is 0 Å². The van der Waals surface area contributed by atoms with E-state index in [-0.39, 0.29) is 22.9 Å². The Morgan fingerprint density at radius 1 is 1.09 bits per heavy atom. The fourth-order valence-corrected chi connectivity index (χ4v) is 4.50. The molecule has 5 rings (SSSR count). The van der Waals surface area contributed by atoms with Crippen LogP contribution in [0.2, 0.25) is 0 Å². The van der Waals surface area contributed by atoms with Gasteiger partial charge in [-0.05, 0) is 59.5 Å². The monoisotopic (exact) mass is 430 g/mol. The van der Waals surface area contributed by atoms with Crippen molar-refractivity contribution in [2.24, 2.45) is 4.99 Å². The summed E-state index contributed by atoms with van der Waals surface area (Å²) >= 11 is 0. The molecule has 1 aliphatic heterocycles. The second kappa shape index (κ2) is 7.41. The lowest BCUT2D eigenvalue weighted by molar-refractivity contribution is 0.0692. The third-order valence-corrected chi connectivity index (χ3v) is 5.89. The molecule has 4 aromatic rings. The Labute approximate surface area is 183 Å². The predicted octanol–water partition coefficient (Wildman–Crippen LogP) is 6.33. The zero-order chi connectivity index (χ0) is 22.6. The van der Waals surface area contributed by atoms with Crippen LogP contribution >= 0.6 is 0 Å². The van der Waals surface area contributed by atoms with Crippen LogP contribution in [0.25, 0.3) is 27.7 Å². The van der Waals surface area contributed by atoms with E-state index in [4.69, 9.17) is 0 Å². The van der Waals surface area contributed by atoms with Crippen LogP contribution in [0.15, 0.2) is 59.6 Å². The molecule has 0 radical (unpaired) electrons. The smallest absolute Gasteiger partial charge is 0.338 e. The number of nitrogens with zero attached hydrogens (tertiary/aromatic N) is 2. The number of carboxylic acids is 1. The van der Waals surface area contributed by atoms with Gasteiger partial charge in [-0.1, -0.05) is 26.0 Å². The first-order valence-electron chi connectivity index (χ1n) is 10.4. The second-order valence-corrected chi connectivity index (χ2v) is 8.24. The van der Waals surface area contributed by atoms with E-state index in [9.17, 15) is 14.3 Å². The van der Waals surface area contributed by atoms with Gasteiger partial charge in [0.05, 0.1) is 17.6 Å². The molecule has 4 nitrogen and oxygen atoms in total. The molecule has 3 aromatic carbocycles. The lowest BCUT2D eigenvalue weighted by Crippen LogP contribution is -2.05. The molecule has 32 heavy (non-hydrogen) atoms. The van der Waals surface area contributed by atoms with Crippen molar-refractivity contribution in [3.05, 3.63) is 88.6 Å². The summed E-state index contributed by atoms with van der Waals surface area (Å²) in [6, 6.07) is 14.6. The van der Waals surface area contributed by atoms with E-state index in [1.807, 2.05) is 36.8 Å².